The molecule has 0 bridgehead atoms. The monoisotopic (exact) mass is 387 g/mol. The predicted octanol–water partition coefficient (Wildman–Crippen LogP) is 0.759. The molecule has 0 radical (unpaired) electrons. The van der Waals surface area contributed by atoms with E-state index in [0.29, 0.717) is 0 Å². The fourth-order valence-corrected chi connectivity index (χ4v) is 3.33. The molecule has 4 heterocycles. The first-order valence-corrected chi connectivity index (χ1v) is 8.25. The van der Waals surface area contributed by atoms with E-state index in [9.17, 15) is 4.79 Å². The summed E-state index contributed by atoms with van der Waals surface area (Å²) in [7, 11) is 0. The van der Waals surface area contributed by atoms with E-state index >= 15 is 0 Å². The number of amides is 1. The van der Waals surface area contributed by atoms with Crippen LogP contribution in [0, 0.1) is 0 Å². The summed E-state index contributed by atoms with van der Waals surface area (Å²) in [6.07, 6.45) is 4.89. The van der Waals surface area contributed by atoms with Crippen LogP contribution in [0.2, 0.25) is 0 Å². The van der Waals surface area contributed by atoms with Gasteiger partial charge in [-0.1, -0.05) is 6.42 Å². The maximum Gasteiger partial charge on any atom is 0.239 e. The van der Waals surface area contributed by atoms with Gasteiger partial charge >= 0.3 is 0 Å². The van der Waals surface area contributed by atoms with Gasteiger partial charge in [-0.3, -0.25) is 4.79 Å². The third kappa shape index (κ3) is 4.13. The molecule has 2 saturated heterocycles. The number of rotatable bonds is 2. The molecule has 0 aromatic carbocycles. The van der Waals surface area contributed by atoms with Crippen molar-refractivity contribution in [2.75, 3.05) is 37.6 Å². The van der Waals surface area contributed by atoms with E-state index in [-0.39, 0.29) is 36.8 Å². The highest BCUT2D eigenvalue weighted by Gasteiger charge is 2.28. The van der Waals surface area contributed by atoms with E-state index in [1.165, 1.54) is 6.42 Å². The Morgan fingerprint density at radius 2 is 1.92 bits per heavy atom. The molecule has 1 atom stereocenters. The Morgan fingerprint density at radius 3 is 2.64 bits per heavy atom. The summed E-state index contributed by atoms with van der Waals surface area (Å²) in [5.41, 5.74) is 0.742. The van der Waals surface area contributed by atoms with Crippen molar-refractivity contribution < 1.29 is 4.79 Å². The summed E-state index contributed by atoms with van der Waals surface area (Å²) in [6.45, 7) is 4.06. The third-order valence-corrected chi connectivity index (χ3v) is 4.67. The maximum absolute atomic E-state index is 12.5. The Balaban J connectivity index is 0.00000113. The van der Waals surface area contributed by atoms with Gasteiger partial charge in [0.25, 0.3) is 0 Å². The van der Waals surface area contributed by atoms with Gasteiger partial charge < -0.3 is 15.1 Å². The van der Waals surface area contributed by atoms with Crippen LogP contribution in [0.5, 0.6) is 0 Å². The summed E-state index contributed by atoms with van der Waals surface area (Å²) >= 11 is 0. The number of piperazine rings is 1. The zero-order valence-electron chi connectivity index (χ0n) is 13.9. The normalized spacial score (nSPS) is 20.7. The van der Waals surface area contributed by atoms with Gasteiger partial charge in [0.15, 0.2) is 5.65 Å². The first-order valence-electron chi connectivity index (χ1n) is 8.25. The number of piperidine rings is 1. The summed E-state index contributed by atoms with van der Waals surface area (Å²) in [5.74, 6) is 1.16. The topological polar surface area (TPSA) is 78.7 Å². The van der Waals surface area contributed by atoms with Gasteiger partial charge in [0.2, 0.25) is 5.91 Å². The molecule has 0 spiro atoms. The summed E-state index contributed by atoms with van der Waals surface area (Å²) in [6, 6.07) is 3.89. The highest BCUT2D eigenvalue weighted by atomic mass is 35.5. The van der Waals surface area contributed by atoms with Crippen molar-refractivity contribution in [2.45, 2.75) is 25.3 Å². The average Bonchev–Trinajstić information content (AvgIpc) is 3.10. The van der Waals surface area contributed by atoms with Gasteiger partial charge in [-0.2, -0.15) is 4.52 Å². The number of nitrogens with zero attached hydrogens (tertiary/aromatic N) is 6. The first kappa shape index (κ1) is 19.7. The van der Waals surface area contributed by atoms with Crippen LogP contribution in [-0.2, 0) is 4.79 Å². The van der Waals surface area contributed by atoms with Crippen molar-refractivity contribution in [3.8, 4) is 0 Å². The Bertz CT molecular complexity index is 696. The van der Waals surface area contributed by atoms with E-state index in [1.54, 1.807) is 10.8 Å². The molecule has 2 aromatic rings. The molecule has 0 saturated carbocycles. The molecule has 4 rings (SSSR count). The molecule has 0 unspecified atom stereocenters. The summed E-state index contributed by atoms with van der Waals surface area (Å²) in [4.78, 5) is 16.7. The number of nitrogens with one attached hydrogen (secondary N) is 1. The van der Waals surface area contributed by atoms with Gasteiger partial charge in [0, 0.05) is 26.2 Å². The number of hydrogen-bond acceptors (Lipinski definition) is 6. The van der Waals surface area contributed by atoms with E-state index < -0.39 is 0 Å². The molecule has 2 aliphatic heterocycles. The zero-order chi connectivity index (χ0) is 15.6. The molecule has 2 aromatic heterocycles. The number of halogens is 2. The van der Waals surface area contributed by atoms with Crippen molar-refractivity contribution in [1.82, 2.24) is 30.0 Å². The SMILES string of the molecule is Cl.Cl.O=C([C@H]1CCCCN1)N1CCN(c2ccc3nncn3n2)CC1. The smallest absolute Gasteiger partial charge is 0.239 e. The fraction of sp³-hybridized carbons (Fsp3) is 0.600. The molecular weight excluding hydrogens is 365 g/mol. The second kappa shape index (κ2) is 8.64. The van der Waals surface area contributed by atoms with Crippen molar-refractivity contribution in [3.63, 3.8) is 0 Å². The number of fused-ring (bicyclic) bond motifs is 1. The lowest BCUT2D eigenvalue weighted by Crippen LogP contribution is -2.55. The summed E-state index contributed by atoms with van der Waals surface area (Å²) in [5, 5.41) is 15.7. The largest absolute Gasteiger partial charge is 0.352 e. The average molecular weight is 388 g/mol. The zero-order valence-corrected chi connectivity index (χ0v) is 15.5. The summed E-state index contributed by atoms with van der Waals surface area (Å²) < 4.78 is 1.68. The van der Waals surface area contributed by atoms with E-state index in [1.807, 2.05) is 17.0 Å². The lowest BCUT2D eigenvalue weighted by Gasteiger charge is -2.37. The van der Waals surface area contributed by atoms with Gasteiger partial charge in [-0.15, -0.1) is 40.1 Å². The molecular formula is C15H23Cl2N7O. The van der Waals surface area contributed by atoms with Crippen molar-refractivity contribution in [2.24, 2.45) is 0 Å². The molecule has 2 fully saturated rings. The van der Waals surface area contributed by atoms with Crippen LogP contribution in [0.4, 0.5) is 5.82 Å². The highest BCUT2D eigenvalue weighted by molar-refractivity contribution is 5.85. The van der Waals surface area contributed by atoms with Crippen LogP contribution in [0.3, 0.4) is 0 Å². The molecule has 10 heteroatoms. The van der Waals surface area contributed by atoms with Crippen LogP contribution in [0.1, 0.15) is 19.3 Å². The lowest BCUT2D eigenvalue weighted by molar-refractivity contribution is -0.134. The van der Waals surface area contributed by atoms with Crippen LogP contribution in [0.15, 0.2) is 18.5 Å². The maximum atomic E-state index is 12.5. The molecule has 0 aliphatic carbocycles. The van der Waals surface area contributed by atoms with Crippen LogP contribution in [-0.4, -0.2) is 69.4 Å². The standard InChI is InChI=1S/C15H21N7O.2ClH/c23-15(12-3-1-2-6-16-12)21-9-7-20(8-10-21)14-5-4-13-18-17-11-22(13)19-14;;/h4-5,11-12,16H,1-3,6-10H2;2*1H/t12-;;/m1../s1. The van der Waals surface area contributed by atoms with E-state index in [4.69, 9.17) is 0 Å². The highest BCUT2D eigenvalue weighted by Crippen LogP contribution is 2.16. The number of hydrogen-bond donors (Lipinski definition) is 1. The van der Waals surface area contributed by atoms with Gasteiger partial charge in [-0.05, 0) is 31.5 Å². The third-order valence-electron chi connectivity index (χ3n) is 4.67. The molecule has 8 nitrogen and oxygen atoms in total. The molecule has 1 amide bonds. The molecule has 138 valence electrons. The quantitative estimate of drug-likeness (QED) is 0.819. The van der Waals surface area contributed by atoms with Gasteiger partial charge in [-0.25, -0.2) is 0 Å². The number of aromatic nitrogens is 4. The number of carbonyl (C=O) groups excluding carboxylic acids is 1. The van der Waals surface area contributed by atoms with Crippen LogP contribution >= 0.6 is 24.8 Å². The molecule has 25 heavy (non-hydrogen) atoms. The Morgan fingerprint density at radius 1 is 1.12 bits per heavy atom. The minimum Gasteiger partial charge on any atom is -0.352 e. The van der Waals surface area contributed by atoms with Gasteiger partial charge in [0.1, 0.15) is 12.1 Å². The number of carbonyl (C=O) groups is 1. The number of anilines is 1. The van der Waals surface area contributed by atoms with Crippen molar-refractivity contribution in [3.05, 3.63) is 18.5 Å². The van der Waals surface area contributed by atoms with Crippen molar-refractivity contribution in [1.29, 1.82) is 0 Å². The Kier molecular flexibility index (Phi) is 6.80. The van der Waals surface area contributed by atoms with Gasteiger partial charge in [0.05, 0.1) is 6.04 Å². The molecule has 1 N–H and O–H groups in total. The van der Waals surface area contributed by atoms with E-state index in [0.717, 1.165) is 57.0 Å². The Labute approximate surface area is 158 Å². The first-order chi connectivity index (χ1) is 11.3. The van der Waals surface area contributed by atoms with Crippen molar-refractivity contribution >= 4 is 42.2 Å². The lowest BCUT2D eigenvalue weighted by atomic mass is 10.0. The second-order valence-corrected chi connectivity index (χ2v) is 6.14. The predicted molar refractivity (Wildman–Crippen MR) is 99.7 cm³/mol. The fourth-order valence-electron chi connectivity index (χ4n) is 3.33. The van der Waals surface area contributed by atoms with E-state index in [2.05, 4.69) is 25.5 Å². The molecule has 2 aliphatic rings. The Hall–Kier alpha value is -1.64. The second-order valence-electron chi connectivity index (χ2n) is 6.14. The minimum atomic E-state index is 0. The van der Waals surface area contributed by atoms with Crippen LogP contribution < -0.4 is 10.2 Å². The van der Waals surface area contributed by atoms with Crippen LogP contribution in [0.25, 0.3) is 5.65 Å². The minimum absolute atomic E-state index is 0.